The van der Waals surface area contributed by atoms with Crippen LogP contribution in [0.3, 0.4) is 0 Å². The quantitative estimate of drug-likeness (QED) is 0.778. The molecule has 106 valence electrons. The Balaban J connectivity index is 1.65. The van der Waals surface area contributed by atoms with Crippen molar-refractivity contribution in [3.05, 3.63) is 60.4 Å². The summed E-state index contributed by atoms with van der Waals surface area (Å²) < 4.78 is 5.79. The Bertz CT molecular complexity index is 711. The second-order valence-corrected chi connectivity index (χ2v) is 4.49. The molecule has 6 heteroatoms. The van der Waals surface area contributed by atoms with E-state index >= 15 is 0 Å². The third-order valence-electron chi connectivity index (χ3n) is 2.81. The zero-order valence-electron chi connectivity index (χ0n) is 11.6. The molecule has 0 amide bonds. The Kier molecular flexibility index (Phi) is 3.77. The minimum absolute atomic E-state index is 0.516. The van der Waals surface area contributed by atoms with Crippen molar-refractivity contribution in [1.82, 2.24) is 20.2 Å². The van der Waals surface area contributed by atoms with Gasteiger partial charge in [-0.3, -0.25) is 0 Å². The summed E-state index contributed by atoms with van der Waals surface area (Å²) in [4.78, 5) is 1.44. The number of hydrogen-bond acceptors (Lipinski definition) is 5. The van der Waals surface area contributed by atoms with Crippen LogP contribution in [-0.4, -0.2) is 20.2 Å². The minimum atomic E-state index is 0.516. The van der Waals surface area contributed by atoms with E-state index in [-0.39, 0.29) is 0 Å². The number of aryl methyl sites for hydroxylation is 1. The van der Waals surface area contributed by atoms with Crippen molar-refractivity contribution in [3.63, 3.8) is 0 Å². The first kappa shape index (κ1) is 13.1. The van der Waals surface area contributed by atoms with E-state index in [9.17, 15) is 0 Å². The summed E-state index contributed by atoms with van der Waals surface area (Å²) in [5.41, 5.74) is 0.941. The molecule has 0 unspecified atom stereocenters. The molecule has 0 radical (unpaired) electrons. The van der Waals surface area contributed by atoms with Crippen molar-refractivity contribution in [2.75, 3.05) is 5.32 Å². The fourth-order valence-electron chi connectivity index (χ4n) is 1.87. The molecule has 6 nitrogen and oxygen atoms in total. The van der Waals surface area contributed by atoms with Gasteiger partial charge in [0.1, 0.15) is 11.5 Å². The molecule has 0 bridgehead atoms. The van der Waals surface area contributed by atoms with Gasteiger partial charge in [0.25, 0.3) is 0 Å². The van der Waals surface area contributed by atoms with Gasteiger partial charge >= 0.3 is 0 Å². The molecular weight excluding hydrogens is 266 g/mol. The summed E-state index contributed by atoms with van der Waals surface area (Å²) >= 11 is 0. The Hall–Kier alpha value is -2.89. The third-order valence-corrected chi connectivity index (χ3v) is 2.81. The first-order valence-electron chi connectivity index (χ1n) is 6.59. The standard InChI is InChI=1S/C15H15N5O/c1-20-18-15(17-19-20)11-16-12-6-5-9-14(10-12)21-13-7-3-2-4-8-13/h2-10,16H,11H2,1H3. The summed E-state index contributed by atoms with van der Waals surface area (Å²) in [5.74, 6) is 2.23. The summed E-state index contributed by atoms with van der Waals surface area (Å²) in [6, 6.07) is 17.4. The van der Waals surface area contributed by atoms with Gasteiger partial charge in [-0.15, -0.1) is 10.2 Å². The van der Waals surface area contributed by atoms with Gasteiger partial charge < -0.3 is 10.1 Å². The van der Waals surface area contributed by atoms with Crippen LogP contribution in [0.15, 0.2) is 54.6 Å². The van der Waals surface area contributed by atoms with E-state index in [1.807, 2.05) is 54.6 Å². The molecule has 0 fully saturated rings. The first-order chi connectivity index (χ1) is 10.3. The van der Waals surface area contributed by atoms with Crippen molar-refractivity contribution < 1.29 is 4.74 Å². The number of nitrogens with zero attached hydrogens (tertiary/aromatic N) is 4. The third kappa shape index (κ3) is 3.56. The van der Waals surface area contributed by atoms with Crippen LogP contribution in [-0.2, 0) is 13.6 Å². The van der Waals surface area contributed by atoms with Crippen LogP contribution in [0, 0.1) is 0 Å². The topological polar surface area (TPSA) is 64.9 Å². The van der Waals surface area contributed by atoms with E-state index in [1.54, 1.807) is 7.05 Å². The highest BCUT2D eigenvalue weighted by atomic mass is 16.5. The lowest BCUT2D eigenvalue weighted by atomic mass is 10.3. The summed E-state index contributed by atoms with van der Waals surface area (Å²) in [6.07, 6.45) is 0. The maximum atomic E-state index is 5.79. The molecule has 0 aliphatic rings. The molecular formula is C15H15N5O. The summed E-state index contributed by atoms with van der Waals surface area (Å²) in [6.45, 7) is 0.516. The van der Waals surface area contributed by atoms with Gasteiger partial charge in [-0.2, -0.15) is 4.80 Å². The highest BCUT2D eigenvalue weighted by molar-refractivity contribution is 5.49. The molecule has 2 aromatic carbocycles. The largest absolute Gasteiger partial charge is 0.457 e. The number of rotatable bonds is 5. The van der Waals surface area contributed by atoms with Crippen molar-refractivity contribution in [3.8, 4) is 11.5 Å². The fourth-order valence-corrected chi connectivity index (χ4v) is 1.87. The summed E-state index contributed by atoms with van der Waals surface area (Å²) in [5, 5.41) is 15.1. The average Bonchev–Trinajstić information content (AvgIpc) is 2.92. The first-order valence-corrected chi connectivity index (χ1v) is 6.59. The monoisotopic (exact) mass is 281 g/mol. The van der Waals surface area contributed by atoms with Crippen LogP contribution >= 0.6 is 0 Å². The Labute approximate surface area is 122 Å². The van der Waals surface area contributed by atoms with Crippen LogP contribution in [0.25, 0.3) is 0 Å². The SMILES string of the molecule is Cn1nnc(CNc2cccc(Oc3ccccc3)c2)n1. The van der Waals surface area contributed by atoms with E-state index in [1.165, 1.54) is 4.80 Å². The molecule has 1 heterocycles. The van der Waals surface area contributed by atoms with Crippen LogP contribution in [0.2, 0.25) is 0 Å². The van der Waals surface area contributed by atoms with Crippen LogP contribution in [0.4, 0.5) is 5.69 Å². The molecule has 0 saturated heterocycles. The maximum absolute atomic E-state index is 5.79. The number of ether oxygens (including phenoxy) is 1. The predicted molar refractivity (Wildman–Crippen MR) is 79.1 cm³/mol. The van der Waals surface area contributed by atoms with Gasteiger partial charge in [0.2, 0.25) is 0 Å². The fraction of sp³-hybridized carbons (Fsp3) is 0.133. The molecule has 1 aromatic heterocycles. The lowest BCUT2D eigenvalue weighted by molar-refractivity contribution is 0.483. The Morgan fingerprint density at radius 3 is 2.62 bits per heavy atom. The molecule has 3 rings (SSSR count). The number of aromatic nitrogens is 4. The lowest BCUT2D eigenvalue weighted by Gasteiger charge is -2.08. The Morgan fingerprint density at radius 1 is 1.05 bits per heavy atom. The number of tetrazole rings is 1. The lowest BCUT2D eigenvalue weighted by Crippen LogP contribution is -2.02. The van der Waals surface area contributed by atoms with Gasteiger partial charge in [0, 0.05) is 11.8 Å². The van der Waals surface area contributed by atoms with Gasteiger partial charge in [-0.25, -0.2) is 0 Å². The van der Waals surface area contributed by atoms with Crippen molar-refractivity contribution >= 4 is 5.69 Å². The van der Waals surface area contributed by atoms with Crippen LogP contribution < -0.4 is 10.1 Å². The van der Waals surface area contributed by atoms with Gasteiger partial charge in [-0.05, 0) is 29.5 Å². The zero-order chi connectivity index (χ0) is 14.5. The predicted octanol–water partition coefficient (Wildman–Crippen LogP) is 2.61. The number of para-hydroxylation sites is 1. The molecule has 0 aliphatic carbocycles. The van der Waals surface area contributed by atoms with Crippen molar-refractivity contribution in [2.24, 2.45) is 7.05 Å². The smallest absolute Gasteiger partial charge is 0.193 e. The molecule has 3 aromatic rings. The van der Waals surface area contributed by atoms with E-state index in [0.29, 0.717) is 12.4 Å². The van der Waals surface area contributed by atoms with Gasteiger partial charge in [-0.1, -0.05) is 24.3 Å². The van der Waals surface area contributed by atoms with Crippen molar-refractivity contribution in [1.29, 1.82) is 0 Å². The van der Waals surface area contributed by atoms with E-state index in [2.05, 4.69) is 20.7 Å². The van der Waals surface area contributed by atoms with Crippen molar-refractivity contribution in [2.45, 2.75) is 6.54 Å². The molecule has 0 aliphatic heterocycles. The average molecular weight is 281 g/mol. The van der Waals surface area contributed by atoms with Gasteiger partial charge in [0.05, 0.1) is 13.6 Å². The second-order valence-electron chi connectivity index (χ2n) is 4.49. The van der Waals surface area contributed by atoms with E-state index < -0.39 is 0 Å². The van der Waals surface area contributed by atoms with Gasteiger partial charge in [0.15, 0.2) is 5.82 Å². The normalized spacial score (nSPS) is 10.3. The molecule has 0 atom stereocenters. The highest BCUT2D eigenvalue weighted by Gasteiger charge is 2.02. The molecule has 21 heavy (non-hydrogen) atoms. The number of benzene rings is 2. The molecule has 1 N–H and O–H groups in total. The minimum Gasteiger partial charge on any atom is -0.457 e. The number of anilines is 1. The van der Waals surface area contributed by atoms with Crippen LogP contribution in [0.5, 0.6) is 11.5 Å². The van der Waals surface area contributed by atoms with Crippen LogP contribution in [0.1, 0.15) is 5.82 Å². The zero-order valence-corrected chi connectivity index (χ0v) is 11.6. The maximum Gasteiger partial charge on any atom is 0.193 e. The van der Waals surface area contributed by atoms with E-state index in [0.717, 1.165) is 17.2 Å². The number of hydrogen-bond donors (Lipinski definition) is 1. The molecule has 0 spiro atoms. The highest BCUT2D eigenvalue weighted by Crippen LogP contribution is 2.23. The van der Waals surface area contributed by atoms with E-state index in [4.69, 9.17) is 4.74 Å². The molecule has 0 saturated carbocycles. The number of nitrogens with one attached hydrogen (secondary N) is 1. The second kappa shape index (κ2) is 6.04. The Morgan fingerprint density at radius 2 is 1.86 bits per heavy atom. The summed E-state index contributed by atoms with van der Waals surface area (Å²) in [7, 11) is 1.74.